The van der Waals surface area contributed by atoms with Crippen LogP contribution in [0.3, 0.4) is 0 Å². The lowest BCUT2D eigenvalue weighted by molar-refractivity contribution is 0.251. The van der Waals surface area contributed by atoms with Gasteiger partial charge in [0.25, 0.3) is 0 Å². The van der Waals surface area contributed by atoms with Gasteiger partial charge < -0.3 is 10.6 Å². The van der Waals surface area contributed by atoms with E-state index >= 15 is 0 Å². The second-order valence-corrected chi connectivity index (χ2v) is 11.4. The van der Waals surface area contributed by atoms with E-state index < -0.39 is 0 Å². The number of benzene rings is 2. The van der Waals surface area contributed by atoms with Gasteiger partial charge in [-0.25, -0.2) is 0 Å². The van der Waals surface area contributed by atoms with Crippen LogP contribution in [0.2, 0.25) is 5.02 Å². The van der Waals surface area contributed by atoms with Crippen molar-refractivity contribution in [1.82, 2.24) is 5.32 Å². The molecule has 2 aliphatic rings. The quantitative estimate of drug-likeness (QED) is 0.511. The van der Waals surface area contributed by atoms with Gasteiger partial charge in [0.1, 0.15) is 0 Å². The first-order valence-corrected chi connectivity index (χ1v) is 12.9. The molecule has 1 heterocycles. The standard InChI is InChI=1S/C26H35ClN2S/c1-26(2)13-3-4-22(16-26)30-18-20-7-5-19(6-8-20)17-29-25-23-12-15-28-14-11-21(23)9-10-24(25)27/h5-10,22,28-29H,3-4,11-18H2,1-2H3. The van der Waals surface area contributed by atoms with Crippen LogP contribution in [0.25, 0.3) is 0 Å². The van der Waals surface area contributed by atoms with Crippen molar-refractivity contribution in [2.75, 3.05) is 18.4 Å². The first-order valence-electron chi connectivity index (χ1n) is 11.4. The van der Waals surface area contributed by atoms with Crippen molar-refractivity contribution >= 4 is 29.1 Å². The highest BCUT2D eigenvalue weighted by Gasteiger charge is 2.27. The molecule has 0 amide bonds. The molecule has 0 aromatic heterocycles. The summed E-state index contributed by atoms with van der Waals surface area (Å²) < 4.78 is 0. The molecule has 162 valence electrons. The Morgan fingerprint density at radius 3 is 2.63 bits per heavy atom. The van der Waals surface area contributed by atoms with E-state index in [0.717, 1.165) is 54.2 Å². The lowest BCUT2D eigenvalue weighted by atomic mass is 9.77. The van der Waals surface area contributed by atoms with Gasteiger partial charge in [-0.2, -0.15) is 11.8 Å². The van der Waals surface area contributed by atoms with Gasteiger partial charge in [0.05, 0.1) is 10.7 Å². The summed E-state index contributed by atoms with van der Waals surface area (Å²) in [4.78, 5) is 0. The predicted octanol–water partition coefficient (Wildman–Crippen LogP) is 6.84. The summed E-state index contributed by atoms with van der Waals surface area (Å²) >= 11 is 8.70. The number of hydrogen-bond acceptors (Lipinski definition) is 3. The van der Waals surface area contributed by atoms with Gasteiger partial charge in [-0.05, 0) is 78.9 Å². The van der Waals surface area contributed by atoms with E-state index in [1.165, 1.54) is 47.9 Å². The Balaban J connectivity index is 1.33. The predicted molar refractivity (Wildman–Crippen MR) is 133 cm³/mol. The number of hydrogen-bond donors (Lipinski definition) is 2. The number of fused-ring (bicyclic) bond motifs is 1. The maximum atomic E-state index is 6.56. The van der Waals surface area contributed by atoms with E-state index in [-0.39, 0.29) is 0 Å². The highest BCUT2D eigenvalue weighted by atomic mass is 35.5. The summed E-state index contributed by atoms with van der Waals surface area (Å²) in [7, 11) is 0. The molecule has 4 rings (SSSR count). The fraction of sp³-hybridized carbons (Fsp3) is 0.538. The van der Waals surface area contributed by atoms with Crippen LogP contribution < -0.4 is 10.6 Å². The molecule has 1 unspecified atom stereocenters. The third-order valence-electron chi connectivity index (χ3n) is 6.62. The van der Waals surface area contributed by atoms with Crippen molar-refractivity contribution in [2.24, 2.45) is 5.41 Å². The van der Waals surface area contributed by atoms with Crippen molar-refractivity contribution in [3.8, 4) is 0 Å². The summed E-state index contributed by atoms with van der Waals surface area (Å²) in [5.41, 5.74) is 7.20. The SMILES string of the molecule is CC1(C)CCCC(SCc2ccc(CNc3c(Cl)ccc4c3CCNCC4)cc2)C1. The van der Waals surface area contributed by atoms with E-state index in [9.17, 15) is 0 Å². The number of halogens is 1. The second-order valence-electron chi connectivity index (χ2n) is 9.67. The van der Waals surface area contributed by atoms with Crippen LogP contribution in [0, 0.1) is 5.41 Å². The van der Waals surface area contributed by atoms with Crippen LogP contribution in [-0.4, -0.2) is 18.3 Å². The molecule has 2 nitrogen and oxygen atoms in total. The lowest BCUT2D eigenvalue weighted by Gasteiger charge is -2.34. The van der Waals surface area contributed by atoms with Crippen LogP contribution in [0.4, 0.5) is 5.69 Å². The molecule has 0 radical (unpaired) electrons. The number of nitrogens with one attached hydrogen (secondary N) is 2. The van der Waals surface area contributed by atoms with Crippen molar-refractivity contribution in [3.05, 3.63) is 63.7 Å². The number of thioether (sulfide) groups is 1. The highest BCUT2D eigenvalue weighted by Crippen LogP contribution is 2.41. The van der Waals surface area contributed by atoms with E-state index in [1.807, 2.05) is 6.07 Å². The van der Waals surface area contributed by atoms with Crippen molar-refractivity contribution in [3.63, 3.8) is 0 Å². The fourth-order valence-corrected chi connectivity index (χ4v) is 6.63. The number of rotatable bonds is 6. The van der Waals surface area contributed by atoms with Gasteiger partial charge in [-0.1, -0.05) is 62.2 Å². The Bertz CT molecular complexity index is 847. The van der Waals surface area contributed by atoms with Crippen LogP contribution in [-0.2, 0) is 25.1 Å². The van der Waals surface area contributed by atoms with Gasteiger partial charge in [0, 0.05) is 17.5 Å². The molecule has 2 aromatic carbocycles. The first-order chi connectivity index (χ1) is 14.5. The highest BCUT2D eigenvalue weighted by molar-refractivity contribution is 7.99. The Morgan fingerprint density at radius 1 is 1.07 bits per heavy atom. The van der Waals surface area contributed by atoms with E-state index in [2.05, 4.69) is 66.6 Å². The Hall–Kier alpha value is -1.16. The average molecular weight is 443 g/mol. The fourth-order valence-electron chi connectivity index (χ4n) is 4.86. The molecule has 1 aliphatic heterocycles. The molecule has 0 saturated heterocycles. The lowest BCUT2D eigenvalue weighted by Crippen LogP contribution is -2.24. The van der Waals surface area contributed by atoms with Crippen LogP contribution in [0.5, 0.6) is 0 Å². The molecular weight excluding hydrogens is 408 g/mol. The third kappa shape index (κ3) is 5.75. The van der Waals surface area contributed by atoms with Crippen molar-refractivity contribution in [2.45, 2.75) is 69.9 Å². The minimum Gasteiger partial charge on any atom is -0.380 e. The maximum absolute atomic E-state index is 6.56. The van der Waals surface area contributed by atoms with Gasteiger partial charge >= 0.3 is 0 Å². The molecule has 1 aliphatic carbocycles. The Morgan fingerprint density at radius 2 is 1.83 bits per heavy atom. The molecule has 30 heavy (non-hydrogen) atoms. The van der Waals surface area contributed by atoms with Gasteiger partial charge in [-0.3, -0.25) is 0 Å². The second kappa shape index (κ2) is 9.97. The van der Waals surface area contributed by atoms with E-state index in [1.54, 1.807) is 0 Å². The molecule has 2 aromatic rings. The summed E-state index contributed by atoms with van der Waals surface area (Å²) in [5, 5.41) is 8.77. The minimum absolute atomic E-state index is 0.526. The van der Waals surface area contributed by atoms with E-state index in [0.29, 0.717) is 5.41 Å². The van der Waals surface area contributed by atoms with Crippen LogP contribution in [0.15, 0.2) is 36.4 Å². The molecule has 2 N–H and O–H groups in total. The topological polar surface area (TPSA) is 24.1 Å². The van der Waals surface area contributed by atoms with Gasteiger partial charge in [0.2, 0.25) is 0 Å². The molecule has 1 atom stereocenters. The maximum Gasteiger partial charge on any atom is 0.0640 e. The zero-order chi connectivity index (χ0) is 21.0. The van der Waals surface area contributed by atoms with Crippen molar-refractivity contribution < 1.29 is 0 Å². The summed E-state index contributed by atoms with van der Waals surface area (Å²) in [6, 6.07) is 13.4. The molecule has 1 fully saturated rings. The zero-order valence-electron chi connectivity index (χ0n) is 18.4. The van der Waals surface area contributed by atoms with Gasteiger partial charge in [-0.15, -0.1) is 0 Å². The van der Waals surface area contributed by atoms with Crippen molar-refractivity contribution in [1.29, 1.82) is 0 Å². The molecular formula is C26H35ClN2S. The number of anilines is 1. The normalized spacial score (nSPS) is 21.0. The third-order valence-corrected chi connectivity index (χ3v) is 8.31. The smallest absolute Gasteiger partial charge is 0.0640 e. The van der Waals surface area contributed by atoms with Crippen LogP contribution >= 0.6 is 23.4 Å². The molecule has 0 bridgehead atoms. The van der Waals surface area contributed by atoms with Gasteiger partial charge in [0.15, 0.2) is 0 Å². The Kier molecular flexibility index (Phi) is 7.33. The summed E-state index contributed by atoms with van der Waals surface area (Å²) in [6.45, 7) is 7.73. The van der Waals surface area contributed by atoms with Crippen LogP contribution in [0.1, 0.15) is 61.8 Å². The molecule has 4 heteroatoms. The summed E-state index contributed by atoms with van der Waals surface area (Å²) in [5.74, 6) is 1.12. The minimum atomic E-state index is 0.526. The average Bonchev–Trinajstić information content (AvgIpc) is 2.97. The largest absolute Gasteiger partial charge is 0.380 e. The zero-order valence-corrected chi connectivity index (χ0v) is 20.0. The summed E-state index contributed by atoms with van der Waals surface area (Å²) in [6.07, 6.45) is 7.62. The first kappa shape index (κ1) is 22.0. The molecule has 0 spiro atoms. The monoisotopic (exact) mass is 442 g/mol. The Labute approximate surface area is 191 Å². The molecule has 1 saturated carbocycles. The van der Waals surface area contributed by atoms with E-state index in [4.69, 9.17) is 11.6 Å².